The molecule has 0 aliphatic carbocycles. The summed E-state index contributed by atoms with van der Waals surface area (Å²) in [5.74, 6) is 1.14. The van der Waals surface area contributed by atoms with E-state index in [0.717, 1.165) is 60.8 Å². The van der Waals surface area contributed by atoms with Gasteiger partial charge in [-0.05, 0) is 42.3 Å². The lowest BCUT2D eigenvalue weighted by Crippen LogP contribution is -3.14. The topological polar surface area (TPSA) is 48.8 Å². The molecular formula is C26H26N5+. The predicted octanol–water partition coefficient (Wildman–Crippen LogP) is 3.09. The fourth-order valence-electron chi connectivity index (χ4n) is 4.49. The Morgan fingerprint density at radius 3 is 2.58 bits per heavy atom. The minimum absolute atomic E-state index is 0.662. The van der Waals surface area contributed by atoms with Gasteiger partial charge in [-0.2, -0.15) is 5.26 Å². The van der Waals surface area contributed by atoms with E-state index in [-0.39, 0.29) is 0 Å². The number of nitriles is 1. The van der Waals surface area contributed by atoms with E-state index in [1.807, 2.05) is 31.2 Å². The summed E-state index contributed by atoms with van der Waals surface area (Å²) in [6.45, 7) is 7.21. The summed E-state index contributed by atoms with van der Waals surface area (Å²) in [7, 11) is 0. The molecule has 5 rings (SSSR count). The highest BCUT2D eigenvalue weighted by molar-refractivity contribution is 5.85. The predicted molar refractivity (Wildman–Crippen MR) is 125 cm³/mol. The van der Waals surface area contributed by atoms with Crippen LogP contribution in [0.3, 0.4) is 0 Å². The second-order valence-corrected chi connectivity index (χ2v) is 8.19. The lowest BCUT2D eigenvalue weighted by Gasteiger charge is -2.33. The molecule has 2 aromatic carbocycles. The lowest BCUT2D eigenvalue weighted by atomic mass is 10.1. The van der Waals surface area contributed by atoms with Crippen LogP contribution in [-0.2, 0) is 0 Å². The number of piperazine rings is 1. The van der Waals surface area contributed by atoms with E-state index < -0.39 is 0 Å². The molecule has 154 valence electrons. The fraction of sp³-hybridized carbons (Fsp3) is 0.231. The van der Waals surface area contributed by atoms with Gasteiger partial charge in [0.1, 0.15) is 11.9 Å². The number of anilines is 1. The number of rotatable bonds is 4. The number of fused-ring (bicyclic) bond motifs is 3. The molecule has 1 saturated heterocycles. The maximum Gasteiger partial charge on any atom is 0.157 e. The molecule has 3 heterocycles. The number of quaternary nitrogens is 1. The molecule has 0 spiro atoms. The van der Waals surface area contributed by atoms with Crippen molar-refractivity contribution in [2.45, 2.75) is 6.92 Å². The van der Waals surface area contributed by atoms with Gasteiger partial charge < -0.3 is 9.80 Å². The summed E-state index contributed by atoms with van der Waals surface area (Å²) in [4.78, 5) is 8.83. The van der Waals surface area contributed by atoms with Gasteiger partial charge >= 0.3 is 0 Å². The van der Waals surface area contributed by atoms with Gasteiger partial charge in [-0.25, -0.2) is 4.98 Å². The average molecular weight is 409 g/mol. The molecule has 1 N–H and O–H groups in total. The second kappa shape index (κ2) is 8.25. The number of imidazole rings is 1. The van der Waals surface area contributed by atoms with Crippen LogP contribution < -0.4 is 9.80 Å². The Hall–Kier alpha value is -3.62. The lowest BCUT2D eigenvalue weighted by molar-refractivity contribution is -0.894. The number of hydrogen-bond acceptors (Lipinski definition) is 3. The highest BCUT2D eigenvalue weighted by Crippen LogP contribution is 2.28. The molecular weight excluding hydrogens is 382 g/mol. The third-order valence-corrected chi connectivity index (χ3v) is 6.18. The number of hydrogen-bond donors (Lipinski definition) is 1. The van der Waals surface area contributed by atoms with E-state index in [9.17, 15) is 5.26 Å². The highest BCUT2D eigenvalue weighted by Gasteiger charge is 2.23. The standard InChI is InChI=1S/C26H25N5/c1-20-18-25(31-24-12-6-5-11-23(24)28-26(31)22(20)19-27)30-16-14-29(15-17-30)13-7-10-21-8-3-2-4-9-21/h2-12,18H,13-17H2,1H3/p+1/b10-7+. The minimum Gasteiger partial charge on any atom is -0.346 e. The smallest absolute Gasteiger partial charge is 0.157 e. The van der Waals surface area contributed by atoms with Crippen molar-refractivity contribution in [2.24, 2.45) is 0 Å². The second-order valence-electron chi connectivity index (χ2n) is 8.19. The average Bonchev–Trinajstić information content (AvgIpc) is 3.19. The van der Waals surface area contributed by atoms with Crippen molar-refractivity contribution >= 4 is 28.6 Å². The Morgan fingerprint density at radius 2 is 1.81 bits per heavy atom. The van der Waals surface area contributed by atoms with Gasteiger partial charge in [0, 0.05) is 0 Å². The van der Waals surface area contributed by atoms with Crippen molar-refractivity contribution in [3.05, 3.63) is 83.4 Å². The molecule has 0 unspecified atom stereocenters. The molecule has 4 aromatic rings. The SMILES string of the molecule is Cc1cc(N2CC[NH+](C/C=C/c3ccccc3)CC2)n2c(nc3ccccc32)c1C#N. The molecule has 0 radical (unpaired) electrons. The van der Waals surface area contributed by atoms with Crippen LogP contribution in [0.1, 0.15) is 16.7 Å². The van der Waals surface area contributed by atoms with E-state index in [4.69, 9.17) is 4.98 Å². The number of para-hydroxylation sites is 2. The Morgan fingerprint density at radius 1 is 1.06 bits per heavy atom. The van der Waals surface area contributed by atoms with Crippen molar-refractivity contribution in [1.82, 2.24) is 9.38 Å². The molecule has 5 heteroatoms. The molecule has 1 fully saturated rings. The maximum absolute atomic E-state index is 9.72. The summed E-state index contributed by atoms with van der Waals surface area (Å²) < 4.78 is 2.17. The number of nitrogens with zero attached hydrogens (tertiary/aromatic N) is 4. The first kappa shape index (κ1) is 19.3. The first-order valence-corrected chi connectivity index (χ1v) is 10.9. The Labute approximate surface area is 182 Å². The Kier molecular flexibility index (Phi) is 5.15. The number of aromatic nitrogens is 2. The van der Waals surface area contributed by atoms with Crippen LogP contribution in [0.5, 0.6) is 0 Å². The molecule has 5 nitrogen and oxygen atoms in total. The van der Waals surface area contributed by atoms with Crippen LogP contribution in [0.2, 0.25) is 0 Å². The van der Waals surface area contributed by atoms with Gasteiger partial charge in [0.2, 0.25) is 0 Å². The van der Waals surface area contributed by atoms with Gasteiger partial charge in [-0.1, -0.05) is 48.5 Å². The number of benzene rings is 2. The van der Waals surface area contributed by atoms with Crippen LogP contribution in [0, 0.1) is 18.3 Å². The van der Waals surface area contributed by atoms with Crippen molar-refractivity contribution in [3.8, 4) is 6.07 Å². The summed E-state index contributed by atoms with van der Waals surface area (Å²) in [5, 5.41) is 9.72. The van der Waals surface area contributed by atoms with Gasteiger partial charge in [-0.15, -0.1) is 0 Å². The molecule has 0 bridgehead atoms. The summed E-state index contributed by atoms with van der Waals surface area (Å²) in [6.07, 6.45) is 4.50. The van der Waals surface area contributed by atoms with Crippen molar-refractivity contribution in [2.75, 3.05) is 37.6 Å². The van der Waals surface area contributed by atoms with Crippen molar-refractivity contribution in [3.63, 3.8) is 0 Å². The summed E-state index contributed by atoms with van der Waals surface area (Å²) >= 11 is 0. The molecule has 2 aromatic heterocycles. The van der Waals surface area contributed by atoms with Crippen LogP contribution in [0.4, 0.5) is 5.82 Å². The van der Waals surface area contributed by atoms with E-state index in [0.29, 0.717) is 5.56 Å². The van der Waals surface area contributed by atoms with Gasteiger partial charge in [0.05, 0.1) is 49.3 Å². The molecule has 0 atom stereocenters. The molecule has 31 heavy (non-hydrogen) atoms. The third kappa shape index (κ3) is 3.67. The monoisotopic (exact) mass is 408 g/mol. The number of pyridine rings is 1. The van der Waals surface area contributed by atoms with Crippen LogP contribution in [-0.4, -0.2) is 42.1 Å². The third-order valence-electron chi connectivity index (χ3n) is 6.18. The fourth-order valence-corrected chi connectivity index (χ4v) is 4.49. The highest BCUT2D eigenvalue weighted by atomic mass is 15.3. The zero-order chi connectivity index (χ0) is 21.2. The largest absolute Gasteiger partial charge is 0.346 e. The zero-order valence-corrected chi connectivity index (χ0v) is 17.8. The van der Waals surface area contributed by atoms with E-state index >= 15 is 0 Å². The van der Waals surface area contributed by atoms with Gasteiger partial charge in [-0.3, -0.25) is 4.40 Å². The van der Waals surface area contributed by atoms with Gasteiger partial charge in [0.25, 0.3) is 0 Å². The van der Waals surface area contributed by atoms with E-state index in [1.165, 1.54) is 5.56 Å². The van der Waals surface area contributed by atoms with Crippen molar-refractivity contribution in [1.29, 1.82) is 5.26 Å². The Bertz CT molecular complexity index is 1290. The first-order chi connectivity index (χ1) is 15.2. The Balaban J connectivity index is 1.39. The van der Waals surface area contributed by atoms with E-state index in [2.05, 4.69) is 63.9 Å². The number of aryl methyl sites for hydroxylation is 1. The van der Waals surface area contributed by atoms with Crippen LogP contribution >= 0.6 is 0 Å². The normalized spacial score (nSPS) is 15.2. The van der Waals surface area contributed by atoms with Crippen LogP contribution in [0.25, 0.3) is 22.8 Å². The molecule has 0 saturated carbocycles. The van der Waals surface area contributed by atoms with Gasteiger partial charge in [0.15, 0.2) is 5.65 Å². The number of nitrogens with one attached hydrogen (secondary N) is 1. The van der Waals surface area contributed by atoms with Crippen LogP contribution in [0.15, 0.2) is 66.7 Å². The minimum atomic E-state index is 0.662. The zero-order valence-electron chi connectivity index (χ0n) is 17.8. The van der Waals surface area contributed by atoms with Crippen molar-refractivity contribution < 1.29 is 4.90 Å². The summed E-state index contributed by atoms with van der Waals surface area (Å²) in [5.41, 5.74) is 5.66. The maximum atomic E-state index is 9.72. The first-order valence-electron chi connectivity index (χ1n) is 10.9. The van der Waals surface area contributed by atoms with E-state index in [1.54, 1.807) is 4.90 Å². The summed E-state index contributed by atoms with van der Waals surface area (Å²) in [6, 6.07) is 23.1. The molecule has 1 aliphatic rings. The molecule has 1 aliphatic heterocycles. The molecule has 0 amide bonds. The quantitative estimate of drug-likeness (QED) is 0.565.